The molecule has 0 amide bonds. The molecular formula is C14H9F3N4. The van der Waals surface area contributed by atoms with E-state index in [1.807, 2.05) is 0 Å². The third kappa shape index (κ3) is 2.45. The molecule has 0 fully saturated rings. The second-order valence-electron chi connectivity index (χ2n) is 4.41. The zero-order valence-electron chi connectivity index (χ0n) is 10.6. The summed E-state index contributed by atoms with van der Waals surface area (Å²) < 4.78 is 40.0. The van der Waals surface area contributed by atoms with Crippen LogP contribution in [0.2, 0.25) is 0 Å². The van der Waals surface area contributed by atoms with E-state index >= 15 is 0 Å². The van der Waals surface area contributed by atoms with Gasteiger partial charge in [-0.25, -0.2) is 13.2 Å². The van der Waals surface area contributed by atoms with Crippen molar-refractivity contribution in [3.8, 4) is 22.4 Å². The first-order valence-electron chi connectivity index (χ1n) is 5.96. The maximum Gasteiger partial charge on any atom is 0.153 e. The van der Waals surface area contributed by atoms with Gasteiger partial charge in [0.05, 0.1) is 17.5 Å². The van der Waals surface area contributed by atoms with Crippen molar-refractivity contribution in [2.45, 2.75) is 0 Å². The molecule has 0 aliphatic heterocycles. The maximum atomic E-state index is 13.4. The lowest BCUT2D eigenvalue weighted by Gasteiger charge is -2.05. The van der Waals surface area contributed by atoms with Gasteiger partial charge in [-0.15, -0.1) is 0 Å². The first-order valence-corrected chi connectivity index (χ1v) is 5.96. The summed E-state index contributed by atoms with van der Waals surface area (Å²) in [7, 11) is 0. The van der Waals surface area contributed by atoms with E-state index in [0.717, 1.165) is 24.4 Å². The number of benzene rings is 1. The van der Waals surface area contributed by atoms with E-state index in [1.165, 1.54) is 12.3 Å². The molecule has 0 spiro atoms. The molecule has 0 bridgehead atoms. The molecule has 0 saturated carbocycles. The van der Waals surface area contributed by atoms with Crippen LogP contribution in [0.15, 0.2) is 36.7 Å². The van der Waals surface area contributed by atoms with Gasteiger partial charge in [-0.2, -0.15) is 5.10 Å². The maximum absolute atomic E-state index is 13.4. The van der Waals surface area contributed by atoms with Gasteiger partial charge in [-0.3, -0.25) is 10.1 Å². The van der Waals surface area contributed by atoms with Gasteiger partial charge >= 0.3 is 0 Å². The highest BCUT2D eigenvalue weighted by molar-refractivity contribution is 5.87. The van der Waals surface area contributed by atoms with Gasteiger partial charge in [0.25, 0.3) is 0 Å². The molecule has 3 rings (SSSR count). The minimum absolute atomic E-state index is 0.0549. The molecule has 0 atom stereocenters. The van der Waals surface area contributed by atoms with Crippen molar-refractivity contribution in [2.24, 2.45) is 0 Å². The van der Waals surface area contributed by atoms with Gasteiger partial charge in [0, 0.05) is 17.8 Å². The average molecular weight is 290 g/mol. The Labute approximate surface area is 117 Å². The zero-order valence-corrected chi connectivity index (χ0v) is 10.6. The number of halogens is 3. The van der Waals surface area contributed by atoms with E-state index in [2.05, 4.69) is 15.2 Å². The third-order valence-electron chi connectivity index (χ3n) is 2.94. The number of H-pyrrole nitrogens is 1. The number of nitrogens with zero attached hydrogens (tertiary/aromatic N) is 2. The number of nitrogens with one attached hydrogen (secondary N) is 1. The van der Waals surface area contributed by atoms with E-state index in [1.54, 1.807) is 0 Å². The number of nitrogens with two attached hydrogens (primary N) is 1. The average Bonchev–Trinajstić information content (AvgIpc) is 2.79. The van der Waals surface area contributed by atoms with Crippen molar-refractivity contribution in [3.05, 3.63) is 54.1 Å². The van der Waals surface area contributed by atoms with Crippen molar-refractivity contribution in [2.75, 3.05) is 5.73 Å². The topological polar surface area (TPSA) is 67.6 Å². The Bertz CT molecular complexity index is 793. The lowest BCUT2D eigenvalue weighted by Crippen LogP contribution is -1.91. The second-order valence-corrected chi connectivity index (χ2v) is 4.41. The van der Waals surface area contributed by atoms with Crippen LogP contribution in [0.4, 0.5) is 19.0 Å². The molecule has 0 aliphatic carbocycles. The molecule has 3 N–H and O–H groups in total. The smallest absolute Gasteiger partial charge is 0.153 e. The predicted molar refractivity (Wildman–Crippen MR) is 71.5 cm³/mol. The fraction of sp³-hybridized carbons (Fsp3) is 0. The summed E-state index contributed by atoms with van der Waals surface area (Å²) in [5.74, 6) is -1.97. The minimum atomic E-state index is -0.742. The lowest BCUT2D eigenvalue weighted by atomic mass is 10.0. The van der Waals surface area contributed by atoms with E-state index in [-0.39, 0.29) is 11.4 Å². The Balaban J connectivity index is 2.22. The van der Waals surface area contributed by atoms with Crippen molar-refractivity contribution < 1.29 is 13.2 Å². The molecule has 106 valence electrons. The van der Waals surface area contributed by atoms with Gasteiger partial charge in [0.15, 0.2) is 5.82 Å². The number of aromatic nitrogens is 3. The highest BCUT2D eigenvalue weighted by atomic mass is 19.1. The van der Waals surface area contributed by atoms with Gasteiger partial charge in [-0.1, -0.05) is 0 Å². The molecule has 21 heavy (non-hydrogen) atoms. The number of nitrogen functional groups attached to an aromatic ring is 1. The summed E-state index contributed by atoms with van der Waals surface area (Å²) in [5, 5.41) is 6.44. The van der Waals surface area contributed by atoms with Gasteiger partial charge in [-0.05, 0) is 23.8 Å². The third-order valence-corrected chi connectivity index (χ3v) is 2.94. The molecule has 2 aromatic heterocycles. The van der Waals surface area contributed by atoms with E-state index < -0.39 is 17.5 Å². The normalized spacial score (nSPS) is 10.8. The summed E-state index contributed by atoms with van der Waals surface area (Å²) in [6.45, 7) is 0. The molecular weight excluding hydrogens is 281 g/mol. The van der Waals surface area contributed by atoms with Crippen molar-refractivity contribution in [3.63, 3.8) is 0 Å². The van der Waals surface area contributed by atoms with Crippen LogP contribution < -0.4 is 5.73 Å². The molecule has 3 aromatic rings. The molecule has 1 aromatic carbocycles. The van der Waals surface area contributed by atoms with E-state index in [4.69, 9.17) is 5.73 Å². The quantitative estimate of drug-likeness (QED) is 0.762. The van der Waals surface area contributed by atoms with Crippen LogP contribution in [0.3, 0.4) is 0 Å². The molecule has 7 heteroatoms. The summed E-state index contributed by atoms with van der Waals surface area (Å²) >= 11 is 0. The van der Waals surface area contributed by atoms with Crippen LogP contribution in [0.1, 0.15) is 0 Å². The fourth-order valence-corrected chi connectivity index (χ4v) is 2.10. The second kappa shape index (κ2) is 4.93. The van der Waals surface area contributed by atoms with Gasteiger partial charge in [0.2, 0.25) is 0 Å². The summed E-state index contributed by atoms with van der Waals surface area (Å²) in [6, 6.07) is 4.23. The van der Waals surface area contributed by atoms with Crippen LogP contribution in [-0.4, -0.2) is 15.2 Å². The summed E-state index contributed by atoms with van der Waals surface area (Å²) in [6.07, 6.45) is 2.44. The molecule has 0 saturated heterocycles. The van der Waals surface area contributed by atoms with Crippen LogP contribution >= 0.6 is 0 Å². The highest BCUT2D eigenvalue weighted by Crippen LogP contribution is 2.35. The fourth-order valence-electron chi connectivity index (χ4n) is 2.10. The minimum Gasteiger partial charge on any atom is -0.382 e. The largest absolute Gasteiger partial charge is 0.382 e. The predicted octanol–water partition coefficient (Wildman–Crippen LogP) is 3.14. The van der Waals surface area contributed by atoms with E-state index in [9.17, 15) is 13.2 Å². The Hall–Kier alpha value is -2.83. The Kier molecular flexibility index (Phi) is 3.09. The van der Waals surface area contributed by atoms with Crippen LogP contribution in [-0.2, 0) is 0 Å². The SMILES string of the molecule is Nc1n[nH]c(-c2cncc(F)c2)c1-c1cc(F)cc(F)c1. The van der Waals surface area contributed by atoms with Crippen LogP contribution in [0.25, 0.3) is 22.4 Å². The Morgan fingerprint density at radius 2 is 1.52 bits per heavy atom. The standard InChI is InChI=1S/C14H9F3N4/c15-9-1-7(2-10(16)4-9)12-13(20-21-14(12)18)8-3-11(17)6-19-5-8/h1-6H,(H3,18,20,21). The van der Waals surface area contributed by atoms with E-state index in [0.29, 0.717) is 16.8 Å². The summed E-state index contributed by atoms with van der Waals surface area (Å²) in [5.41, 5.74) is 6.96. The number of aromatic amines is 1. The monoisotopic (exact) mass is 290 g/mol. The first-order chi connectivity index (χ1) is 10.0. The molecule has 2 heterocycles. The number of hydrogen-bond acceptors (Lipinski definition) is 3. The van der Waals surface area contributed by atoms with Crippen LogP contribution in [0, 0.1) is 17.5 Å². The van der Waals surface area contributed by atoms with Crippen molar-refractivity contribution >= 4 is 5.82 Å². The van der Waals surface area contributed by atoms with Gasteiger partial charge in [0.1, 0.15) is 17.5 Å². The van der Waals surface area contributed by atoms with Gasteiger partial charge < -0.3 is 5.73 Å². The first kappa shape index (κ1) is 13.2. The molecule has 4 nitrogen and oxygen atoms in total. The molecule has 0 radical (unpaired) electrons. The number of pyridine rings is 1. The van der Waals surface area contributed by atoms with Crippen LogP contribution in [0.5, 0.6) is 0 Å². The highest BCUT2D eigenvalue weighted by Gasteiger charge is 2.17. The number of hydrogen-bond donors (Lipinski definition) is 2. The Morgan fingerprint density at radius 3 is 2.19 bits per heavy atom. The Morgan fingerprint density at radius 1 is 0.857 bits per heavy atom. The number of anilines is 1. The summed E-state index contributed by atoms with van der Waals surface area (Å²) in [4.78, 5) is 3.73. The zero-order chi connectivity index (χ0) is 15.0. The molecule has 0 aliphatic rings. The molecule has 0 unspecified atom stereocenters. The lowest BCUT2D eigenvalue weighted by molar-refractivity contribution is 0.584. The number of rotatable bonds is 2. The van der Waals surface area contributed by atoms with Crippen molar-refractivity contribution in [1.82, 2.24) is 15.2 Å². The van der Waals surface area contributed by atoms with Crippen molar-refractivity contribution in [1.29, 1.82) is 0 Å².